The van der Waals surface area contributed by atoms with Crippen molar-refractivity contribution in [1.29, 1.82) is 0 Å². The van der Waals surface area contributed by atoms with E-state index in [4.69, 9.17) is 15.2 Å². The molecule has 3 N–H and O–H groups in total. The fourth-order valence-corrected chi connectivity index (χ4v) is 1.85. The Labute approximate surface area is 118 Å². The van der Waals surface area contributed by atoms with Gasteiger partial charge in [-0.1, -0.05) is 0 Å². The lowest BCUT2D eigenvalue weighted by molar-refractivity contribution is 0.391. The van der Waals surface area contributed by atoms with Crippen LogP contribution in [0.25, 0.3) is 0 Å². The van der Waals surface area contributed by atoms with Crippen LogP contribution >= 0.6 is 0 Å². The molecule has 0 saturated carbocycles. The minimum atomic E-state index is 0.615. The number of nitrogens with two attached hydrogens (primary N) is 1. The number of methoxy groups -OCH3 is 2. The molecule has 2 aromatic rings. The van der Waals surface area contributed by atoms with Crippen LogP contribution in [0.15, 0.2) is 30.3 Å². The van der Waals surface area contributed by atoms with Gasteiger partial charge in [0.25, 0.3) is 0 Å². The highest BCUT2D eigenvalue weighted by Gasteiger charge is 2.05. The Balaban J connectivity index is 2.12. The number of pyridine rings is 1. The SMILES string of the molecule is COc1ccc(CNc2ccc(N)c(C)n2)c(OC)c1. The summed E-state index contributed by atoms with van der Waals surface area (Å²) in [5.41, 5.74) is 8.29. The maximum Gasteiger partial charge on any atom is 0.127 e. The van der Waals surface area contributed by atoms with Crippen LogP contribution in [-0.4, -0.2) is 19.2 Å². The molecule has 0 unspecified atom stereocenters. The summed E-state index contributed by atoms with van der Waals surface area (Å²) in [5, 5.41) is 3.25. The second kappa shape index (κ2) is 6.14. The molecule has 1 heterocycles. The van der Waals surface area contributed by atoms with Gasteiger partial charge in [-0.2, -0.15) is 0 Å². The van der Waals surface area contributed by atoms with Crippen LogP contribution in [0.5, 0.6) is 11.5 Å². The first-order chi connectivity index (χ1) is 9.63. The highest BCUT2D eigenvalue weighted by atomic mass is 16.5. The van der Waals surface area contributed by atoms with Crippen molar-refractivity contribution in [1.82, 2.24) is 4.98 Å². The molecule has 0 fully saturated rings. The fourth-order valence-electron chi connectivity index (χ4n) is 1.85. The molecule has 0 amide bonds. The number of rotatable bonds is 5. The average Bonchev–Trinajstić information content (AvgIpc) is 2.48. The zero-order chi connectivity index (χ0) is 14.5. The molecule has 20 heavy (non-hydrogen) atoms. The molecule has 0 aliphatic carbocycles. The van der Waals surface area contributed by atoms with Crippen molar-refractivity contribution in [2.45, 2.75) is 13.5 Å². The number of nitrogens with zero attached hydrogens (tertiary/aromatic N) is 1. The van der Waals surface area contributed by atoms with Crippen molar-refractivity contribution >= 4 is 11.5 Å². The van der Waals surface area contributed by atoms with Crippen molar-refractivity contribution < 1.29 is 9.47 Å². The smallest absolute Gasteiger partial charge is 0.127 e. The molecule has 1 aromatic heterocycles. The Morgan fingerprint density at radius 1 is 1.15 bits per heavy atom. The summed E-state index contributed by atoms with van der Waals surface area (Å²) in [4.78, 5) is 4.38. The van der Waals surface area contributed by atoms with Gasteiger partial charge in [0, 0.05) is 18.2 Å². The normalized spacial score (nSPS) is 10.2. The molecule has 0 radical (unpaired) electrons. The van der Waals surface area contributed by atoms with Crippen LogP contribution in [-0.2, 0) is 6.54 Å². The van der Waals surface area contributed by atoms with Crippen LogP contribution in [0.2, 0.25) is 0 Å². The van der Waals surface area contributed by atoms with E-state index in [1.54, 1.807) is 14.2 Å². The highest BCUT2D eigenvalue weighted by Crippen LogP contribution is 2.25. The van der Waals surface area contributed by atoms with Gasteiger partial charge in [0.15, 0.2) is 0 Å². The van der Waals surface area contributed by atoms with Crippen molar-refractivity contribution in [3.05, 3.63) is 41.6 Å². The number of benzene rings is 1. The Morgan fingerprint density at radius 3 is 2.60 bits per heavy atom. The average molecular weight is 273 g/mol. The van der Waals surface area contributed by atoms with Gasteiger partial charge >= 0.3 is 0 Å². The number of hydrogen-bond donors (Lipinski definition) is 2. The van der Waals surface area contributed by atoms with Crippen LogP contribution in [0.4, 0.5) is 11.5 Å². The van der Waals surface area contributed by atoms with E-state index in [0.717, 1.165) is 28.6 Å². The second-order valence-electron chi connectivity index (χ2n) is 4.40. The molecule has 2 rings (SSSR count). The van der Waals surface area contributed by atoms with Crippen LogP contribution in [0, 0.1) is 6.92 Å². The number of aryl methyl sites for hydroxylation is 1. The van der Waals surface area contributed by atoms with Crippen molar-refractivity contribution in [2.24, 2.45) is 0 Å². The van der Waals surface area contributed by atoms with Gasteiger partial charge in [0.1, 0.15) is 17.3 Å². The Morgan fingerprint density at radius 2 is 1.95 bits per heavy atom. The minimum absolute atomic E-state index is 0.615. The summed E-state index contributed by atoms with van der Waals surface area (Å²) in [6.07, 6.45) is 0. The number of aromatic nitrogens is 1. The lowest BCUT2D eigenvalue weighted by Crippen LogP contribution is -2.05. The third-order valence-corrected chi connectivity index (χ3v) is 3.08. The van der Waals surface area contributed by atoms with Gasteiger partial charge in [-0.15, -0.1) is 0 Å². The standard InChI is InChI=1S/C15H19N3O2/c1-10-13(16)6-7-15(18-10)17-9-11-4-5-12(19-2)8-14(11)20-3/h4-8H,9,16H2,1-3H3,(H,17,18). The molecular weight excluding hydrogens is 254 g/mol. The van der Waals surface area contributed by atoms with Crippen molar-refractivity contribution in [3.63, 3.8) is 0 Å². The molecule has 5 nitrogen and oxygen atoms in total. The first-order valence-corrected chi connectivity index (χ1v) is 6.32. The number of nitrogen functional groups attached to an aromatic ring is 1. The second-order valence-corrected chi connectivity index (χ2v) is 4.40. The summed E-state index contributed by atoms with van der Waals surface area (Å²) >= 11 is 0. The minimum Gasteiger partial charge on any atom is -0.497 e. The third-order valence-electron chi connectivity index (χ3n) is 3.08. The lowest BCUT2D eigenvalue weighted by Gasteiger charge is -2.12. The fraction of sp³-hybridized carbons (Fsp3) is 0.267. The maximum atomic E-state index is 5.75. The van der Waals surface area contributed by atoms with E-state index in [1.165, 1.54) is 0 Å². The zero-order valence-corrected chi connectivity index (χ0v) is 11.9. The van der Waals surface area contributed by atoms with E-state index in [9.17, 15) is 0 Å². The van der Waals surface area contributed by atoms with Gasteiger partial charge in [0.2, 0.25) is 0 Å². The summed E-state index contributed by atoms with van der Waals surface area (Å²) in [6.45, 7) is 2.50. The van der Waals surface area contributed by atoms with Gasteiger partial charge in [-0.3, -0.25) is 0 Å². The Bertz CT molecular complexity index is 600. The van der Waals surface area contributed by atoms with E-state index in [-0.39, 0.29) is 0 Å². The summed E-state index contributed by atoms with van der Waals surface area (Å²) in [6, 6.07) is 9.43. The first-order valence-electron chi connectivity index (χ1n) is 6.32. The Hall–Kier alpha value is -2.43. The predicted octanol–water partition coefficient (Wildman–Crippen LogP) is 2.60. The monoisotopic (exact) mass is 273 g/mol. The highest BCUT2D eigenvalue weighted by molar-refractivity contribution is 5.50. The van der Waals surface area contributed by atoms with E-state index in [0.29, 0.717) is 12.2 Å². The number of hydrogen-bond acceptors (Lipinski definition) is 5. The molecule has 106 valence electrons. The van der Waals surface area contributed by atoms with E-state index < -0.39 is 0 Å². The molecular formula is C15H19N3O2. The van der Waals surface area contributed by atoms with E-state index >= 15 is 0 Å². The molecule has 0 spiro atoms. The van der Waals surface area contributed by atoms with Crippen LogP contribution in [0.1, 0.15) is 11.3 Å². The van der Waals surface area contributed by atoms with E-state index in [2.05, 4.69) is 10.3 Å². The summed E-state index contributed by atoms with van der Waals surface area (Å²) < 4.78 is 10.5. The maximum absolute atomic E-state index is 5.75. The Kier molecular flexibility index (Phi) is 4.30. The van der Waals surface area contributed by atoms with Crippen LogP contribution < -0.4 is 20.5 Å². The summed E-state index contributed by atoms with van der Waals surface area (Å²) in [5.74, 6) is 2.34. The zero-order valence-electron chi connectivity index (χ0n) is 11.9. The third kappa shape index (κ3) is 3.12. The van der Waals surface area contributed by atoms with Crippen LogP contribution in [0.3, 0.4) is 0 Å². The molecule has 0 aliphatic heterocycles. The van der Waals surface area contributed by atoms with Gasteiger partial charge in [0.05, 0.1) is 25.6 Å². The summed E-state index contributed by atoms with van der Waals surface area (Å²) in [7, 11) is 3.28. The van der Waals surface area contributed by atoms with Gasteiger partial charge in [-0.25, -0.2) is 4.98 Å². The molecule has 5 heteroatoms. The van der Waals surface area contributed by atoms with Crippen molar-refractivity contribution in [3.8, 4) is 11.5 Å². The topological polar surface area (TPSA) is 69.4 Å². The van der Waals surface area contributed by atoms with Crippen molar-refractivity contribution in [2.75, 3.05) is 25.3 Å². The largest absolute Gasteiger partial charge is 0.497 e. The molecule has 1 aromatic carbocycles. The van der Waals surface area contributed by atoms with Gasteiger partial charge in [-0.05, 0) is 31.2 Å². The number of ether oxygens (including phenoxy) is 2. The molecule has 0 atom stereocenters. The molecule has 0 bridgehead atoms. The van der Waals surface area contributed by atoms with E-state index in [1.807, 2.05) is 37.3 Å². The van der Waals surface area contributed by atoms with Gasteiger partial charge < -0.3 is 20.5 Å². The number of nitrogens with one attached hydrogen (secondary N) is 1. The predicted molar refractivity (Wildman–Crippen MR) is 80.3 cm³/mol. The quantitative estimate of drug-likeness (QED) is 0.876. The molecule has 0 saturated heterocycles. The number of anilines is 2. The molecule has 0 aliphatic rings. The first kappa shape index (κ1) is 14.0. The lowest BCUT2D eigenvalue weighted by atomic mass is 10.2.